The molecule has 0 aromatic rings. The van der Waals surface area contributed by atoms with Gasteiger partial charge in [-0.05, 0) is 19.4 Å². The summed E-state index contributed by atoms with van der Waals surface area (Å²) in [6, 6.07) is 0. The minimum absolute atomic E-state index is 0.238. The van der Waals surface area contributed by atoms with E-state index in [0.717, 1.165) is 13.0 Å². The number of allylic oxidation sites excluding steroid dienone is 1. The number of hydrogen-bond donors (Lipinski definition) is 0. The fraction of sp³-hybridized carbons (Fsp3) is 0.600. The zero-order chi connectivity index (χ0) is 9.40. The van der Waals surface area contributed by atoms with Crippen LogP contribution in [0.3, 0.4) is 0 Å². The Bertz CT molecular complexity index is 192. The predicted molar refractivity (Wildman–Crippen MR) is 52.7 cm³/mol. The van der Waals surface area contributed by atoms with Gasteiger partial charge in [-0.25, -0.2) is 0 Å². The van der Waals surface area contributed by atoms with E-state index in [0.29, 0.717) is 6.42 Å². The zero-order valence-electron chi connectivity index (χ0n) is 8.13. The highest BCUT2D eigenvalue weighted by atomic mass is 16.1. The van der Waals surface area contributed by atoms with Crippen molar-refractivity contribution in [2.45, 2.75) is 33.6 Å². The molecule has 0 aromatic heterocycles. The molecule has 0 N–H and O–H groups in total. The highest BCUT2D eigenvalue weighted by Crippen LogP contribution is 2.09. The van der Waals surface area contributed by atoms with Crippen molar-refractivity contribution in [3.63, 3.8) is 0 Å². The minimum atomic E-state index is 0.238. The van der Waals surface area contributed by atoms with Crippen LogP contribution in [0.5, 0.6) is 0 Å². The SMILES string of the molecule is CC.CC(=O)CC1=CC=NCC1. The second-order valence-corrected chi connectivity index (χ2v) is 2.51. The molecule has 1 aliphatic heterocycles. The molecule has 68 valence electrons. The first-order valence-electron chi connectivity index (χ1n) is 4.46. The molecular formula is C10H17NO. The Morgan fingerprint density at radius 2 is 2.25 bits per heavy atom. The normalized spacial score (nSPS) is 14.4. The van der Waals surface area contributed by atoms with Crippen LogP contribution < -0.4 is 0 Å². The summed E-state index contributed by atoms with van der Waals surface area (Å²) >= 11 is 0. The maximum absolute atomic E-state index is 10.6. The largest absolute Gasteiger partial charge is 0.300 e. The van der Waals surface area contributed by atoms with Crippen LogP contribution in [0.4, 0.5) is 0 Å². The van der Waals surface area contributed by atoms with Gasteiger partial charge in [-0.1, -0.05) is 19.4 Å². The van der Waals surface area contributed by atoms with E-state index in [9.17, 15) is 4.79 Å². The van der Waals surface area contributed by atoms with Crippen LogP contribution in [0.25, 0.3) is 0 Å². The Morgan fingerprint density at radius 3 is 2.67 bits per heavy atom. The van der Waals surface area contributed by atoms with E-state index >= 15 is 0 Å². The number of rotatable bonds is 2. The summed E-state index contributed by atoms with van der Waals surface area (Å²) in [6.07, 6.45) is 5.27. The molecule has 0 spiro atoms. The number of carbonyl (C=O) groups excluding carboxylic acids is 1. The van der Waals surface area contributed by atoms with Crippen molar-refractivity contribution in [2.75, 3.05) is 6.54 Å². The molecule has 0 saturated heterocycles. The fourth-order valence-corrected chi connectivity index (χ4v) is 0.991. The van der Waals surface area contributed by atoms with Crippen molar-refractivity contribution < 1.29 is 4.79 Å². The fourth-order valence-electron chi connectivity index (χ4n) is 0.991. The van der Waals surface area contributed by atoms with Crippen molar-refractivity contribution in [3.8, 4) is 0 Å². The third-order valence-corrected chi connectivity index (χ3v) is 1.45. The van der Waals surface area contributed by atoms with Gasteiger partial charge in [0.15, 0.2) is 0 Å². The third kappa shape index (κ3) is 4.83. The van der Waals surface area contributed by atoms with Gasteiger partial charge in [-0.2, -0.15) is 0 Å². The molecule has 0 unspecified atom stereocenters. The van der Waals surface area contributed by atoms with Crippen LogP contribution in [-0.2, 0) is 4.79 Å². The first kappa shape index (κ1) is 11.1. The standard InChI is InChI=1S/C8H11NO.C2H6/c1-7(10)6-8-2-4-9-5-3-8;1-2/h2,4H,3,5-6H2,1H3;1-2H3. The number of Topliss-reactive ketones (excluding diaryl/α,β-unsaturated/α-hetero) is 1. The second kappa shape index (κ2) is 6.77. The van der Waals surface area contributed by atoms with Gasteiger partial charge in [-0.15, -0.1) is 0 Å². The van der Waals surface area contributed by atoms with Crippen LogP contribution in [0.2, 0.25) is 0 Å². The molecule has 2 heteroatoms. The molecule has 0 saturated carbocycles. The molecule has 2 nitrogen and oxygen atoms in total. The number of dihydropyridines is 1. The monoisotopic (exact) mass is 167 g/mol. The third-order valence-electron chi connectivity index (χ3n) is 1.45. The van der Waals surface area contributed by atoms with E-state index in [1.165, 1.54) is 5.57 Å². The molecule has 1 rings (SSSR count). The molecule has 0 amide bonds. The average molecular weight is 167 g/mol. The Hall–Kier alpha value is -0.920. The van der Waals surface area contributed by atoms with E-state index < -0.39 is 0 Å². The van der Waals surface area contributed by atoms with Gasteiger partial charge < -0.3 is 0 Å². The molecule has 0 aliphatic carbocycles. The summed E-state index contributed by atoms with van der Waals surface area (Å²) in [6.45, 7) is 6.46. The highest BCUT2D eigenvalue weighted by molar-refractivity contribution is 5.81. The molecule has 0 radical (unpaired) electrons. The van der Waals surface area contributed by atoms with Crippen LogP contribution in [-0.4, -0.2) is 18.5 Å². The Balaban J connectivity index is 0.000000561. The lowest BCUT2D eigenvalue weighted by Gasteiger charge is -2.04. The molecule has 0 aromatic carbocycles. The molecule has 12 heavy (non-hydrogen) atoms. The topological polar surface area (TPSA) is 29.4 Å². The van der Waals surface area contributed by atoms with E-state index in [4.69, 9.17) is 0 Å². The van der Waals surface area contributed by atoms with Gasteiger partial charge in [0.25, 0.3) is 0 Å². The molecular weight excluding hydrogens is 150 g/mol. The molecule has 0 fully saturated rings. The van der Waals surface area contributed by atoms with Crippen molar-refractivity contribution in [3.05, 3.63) is 11.6 Å². The molecule has 1 heterocycles. The second-order valence-electron chi connectivity index (χ2n) is 2.51. The van der Waals surface area contributed by atoms with Gasteiger partial charge in [0.1, 0.15) is 5.78 Å². The van der Waals surface area contributed by atoms with Gasteiger partial charge in [-0.3, -0.25) is 9.79 Å². The number of carbonyl (C=O) groups is 1. The van der Waals surface area contributed by atoms with Crippen molar-refractivity contribution in [1.82, 2.24) is 0 Å². The van der Waals surface area contributed by atoms with Gasteiger partial charge in [0.05, 0.1) is 0 Å². The summed E-state index contributed by atoms with van der Waals surface area (Å²) in [4.78, 5) is 14.6. The van der Waals surface area contributed by atoms with E-state index in [2.05, 4.69) is 4.99 Å². The maximum Gasteiger partial charge on any atom is 0.133 e. The smallest absolute Gasteiger partial charge is 0.133 e. The van der Waals surface area contributed by atoms with E-state index in [-0.39, 0.29) is 5.78 Å². The average Bonchev–Trinajstić information content (AvgIpc) is 2.08. The van der Waals surface area contributed by atoms with Crippen LogP contribution in [0.1, 0.15) is 33.6 Å². The Kier molecular flexibility index (Phi) is 6.25. The lowest BCUT2D eigenvalue weighted by atomic mass is 10.1. The maximum atomic E-state index is 10.6. The molecule has 1 aliphatic rings. The van der Waals surface area contributed by atoms with E-state index in [1.807, 2.05) is 19.9 Å². The van der Waals surface area contributed by atoms with Gasteiger partial charge >= 0.3 is 0 Å². The molecule has 0 bridgehead atoms. The first-order chi connectivity index (χ1) is 5.79. The summed E-state index contributed by atoms with van der Waals surface area (Å²) in [5, 5.41) is 0. The minimum Gasteiger partial charge on any atom is -0.300 e. The predicted octanol–water partition coefficient (Wildman–Crippen LogP) is 2.39. The summed E-state index contributed by atoms with van der Waals surface area (Å²) in [7, 11) is 0. The van der Waals surface area contributed by atoms with Gasteiger partial charge in [0.2, 0.25) is 0 Å². The van der Waals surface area contributed by atoms with Crippen LogP contribution >= 0.6 is 0 Å². The number of ketones is 1. The quantitative estimate of drug-likeness (QED) is 0.621. The lowest BCUT2D eigenvalue weighted by Crippen LogP contribution is -1.99. The van der Waals surface area contributed by atoms with E-state index in [1.54, 1.807) is 13.1 Å². The Morgan fingerprint density at radius 1 is 1.58 bits per heavy atom. The Labute approximate surface area is 74.4 Å². The summed E-state index contributed by atoms with van der Waals surface area (Å²) < 4.78 is 0. The zero-order valence-corrected chi connectivity index (χ0v) is 8.13. The first-order valence-corrected chi connectivity index (χ1v) is 4.46. The van der Waals surface area contributed by atoms with Crippen molar-refractivity contribution in [2.24, 2.45) is 4.99 Å². The van der Waals surface area contributed by atoms with Gasteiger partial charge in [0, 0.05) is 19.2 Å². The van der Waals surface area contributed by atoms with Crippen molar-refractivity contribution >= 4 is 12.0 Å². The highest BCUT2D eigenvalue weighted by Gasteiger charge is 2.01. The van der Waals surface area contributed by atoms with Crippen molar-refractivity contribution in [1.29, 1.82) is 0 Å². The van der Waals surface area contributed by atoms with Crippen LogP contribution in [0.15, 0.2) is 16.6 Å². The van der Waals surface area contributed by atoms with Crippen LogP contribution in [0, 0.1) is 0 Å². The molecule has 0 atom stereocenters. The number of nitrogens with zero attached hydrogens (tertiary/aromatic N) is 1. The summed E-state index contributed by atoms with van der Waals surface area (Å²) in [5.41, 5.74) is 1.21. The lowest BCUT2D eigenvalue weighted by molar-refractivity contribution is -0.116. The number of hydrogen-bond acceptors (Lipinski definition) is 2. The summed E-state index contributed by atoms with van der Waals surface area (Å²) in [5.74, 6) is 0.238. The number of aliphatic imine (C=N–C) groups is 1.